The number of benzene rings is 1. The second-order valence-corrected chi connectivity index (χ2v) is 7.36. The number of likely N-dealkylation sites (tertiary alicyclic amines) is 1. The molecule has 0 aliphatic carbocycles. The minimum Gasteiger partial charge on any atom is -0.450 e. The van der Waals surface area contributed by atoms with Crippen LogP contribution in [0.1, 0.15) is 38.3 Å². The van der Waals surface area contributed by atoms with E-state index in [0.29, 0.717) is 26.2 Å². The number of carbonyl (C=O) groups is 1. The van der Waals surface area contributed by atoms with Gasteiger partial charge in [0.25, 0.3) is 0 Å². The van der Waals surface area contributed by atoms with E-state index in [4.69, 9.17) is 9.73 Å². The Morgan fingerprint density at radius 2 is 2.03 bits per heavy atom. The number of piperidine rings is 1. The molecule has 0 radical (unpaired) electrons. The largest absolute Gasteiger partial charge is 0.450 e. The SMILES string of the molecule is CCNC(=NCC(c1cccc(F)c1)N(C)C)NC1CCN(C(=O)OCC)CC1.I. The van der Waals surface area contributed by atoms with Gasteiger partial charge in [-0.1, -0.05) is 12.1 Å². The van der Waals surface area contributed by atoms with E-state index in [-0.39, 0.29) is 48.0 Å². The molecule has 1 aromatic carbocycles. The number of hydrogen-bond donors (Lipinski definition) is 2. The number of aliphatic imine (C=N–C) groups is 1. The number of likely N-dealkylation sites (N-methyl/N-ethyl adjacent to an activating group) is 1. The summed E-state index contributed by atoms with van der Waals surface area (Å²) < 4.78 is 18.7. The lowest BCUT2D eigenvalue weighted by molar-refractivity contribution is 0.0963. The Morgan fingerprint density at radius 3 is 2.60 bits per heavy atom. The summed E-state index contributed by atoms with van der Waals surface area (Å²) >= 11 is 0. The molecule has 1 aromatic rings. The highest BCUT2D eigenvalue weighted by molar-refractivity contribution is 14.0. The van der Waals surface area contributed by atoms with Gasteiger partial charge in [-0.2, -0.15) is 0 Å². The monoisotopic (exact) mass is 535 g/mol. The Morgan fingerprint density at radius 1 is 1.33 bits per heavy atom. The number of nitrogens with one attached hydrogen (secondary N) is 2. The number of rotatable bonds is 7. The molecule has 170 valence electrons. The maximum atomic E-state index is 13.6. The highest BCUT2D eigenvalue weighted by atomic mass is 127. The number of nitrogens with zero attached hydrogens (tertiary/aromatic N) is 3. The van der Waals surface area contributed by atoms with Crippen molar-refractivity contribution in [2.45, 2.75) is 38.8 Å². The van der Waals surface area contributed by atoms with Crippen LogP contribution in [-0.2, 0) is 4.74 Å². The fourth-order valence-corrected chi connectivity index (χ4v) is 3.39. The van der Waals surface area contributed by atoms with Crippen molar-refractivity contribution in [1.29, 1.82) is 0 Å². The molecule has 30 heavy (non-hydrogen) atoms. The van der Waals surface area contributed by atoms with E-state index in [2.05, 4.69) is 10.6 Å². The molecule has 0 spiro atoms. The smallest absolute Gasteiger partial charge is 0.409 e. The van der Waals surface area contributed by atoms with Crippen LogP contribution in [0.25, 0.3) is 0 Å². The van der Waals surface area contributed by atoms with E-state index < -0.39 is 0 Å². The molecule has 7 nitrogen and oxygen atoms in total. The second kappa shape index (κ2) is 13.6. The number of hydrogen-bond acceptors (Lipinski definition) is 4. The molecule has 1 aliphatic heterocycles. The summed E-state index contributed by atoms with van der Waals surface area (Å²) in [6.07, 6.45) is 1.43. The zero-order chi connectivity index (χ0) is 21.2. The molecule has 1 fully saturated rings. The first-order valence-corrected chi connectivity index (χ1v) is 10.3. The van der Waals surface area contributed by atoms with Gasteiger partial charge in [-0.3, -0.25) is 4.99 Å². The Hall–Kier alpha value is -1.62. The molecule has 1 unspecified atom stereocenters. The summed E-state index contributed by atoms with van der Waals surface area (Å²) in [7, 11) is 3.94. The van der Waals surface area contributed by atoms with Crippen molar-refractivity contribution < 1.29 is 13.9 Å². The first-order chi connectivity index (χ1) is 13.9. The van der Waals surface area contributed by atoms with E-state index in [1.165, 1.54) is 6.07 Å². The number of carbonyl (C=O) groups excluding carboxylic acids is 1. The summed E-state index contributed by atoms with van der Waals surface area (Å²) in [5.74, 6) is 0.502. The van der Waals surface area contributed by atoms with Crippen molar-refractivity contribution in [1.82, 2.24) is 20.4 Å². The van der Waals surface area contributed by atoms with Gasteiger partial charge in [0.2, 0.25) is 0 Å². The summed E-state index contributed by atoms with van der Waals surface area (Å²) in [5, 5.41) is 6.76. The molecule has 2 N–H and O–H groups in total. The van der Waals surface area contributed by atoms with E-state index in [0.717, 1.165) is 30.9 Å². The average Bonchev–Trinajstić information content (AvgIpc) is 2.69. The predicted molar refractivity (Wildman–Crippen MR) is 129 cm³/mol. The van der Waals surface area contributed by atoms with Gasteiger partial charge >= 0.3 is 6.09 Å². The summed E-state index contributed by atoms with van der Waals surface area (Å²) in [6, 6.07) is 6.89. The maximum absolute atomic E-state index is 13.6. The topological polar surface area (TPSA) is 69.2 Å². The van der Waals surface area contributed by atoms with Crippen LogP contribution in [0.15, 0.2) is 29.3 Å². The molecule has 1 saturated heterocycles. The summed E-state index contributed by atoms with van der Waals surface area (Å²) in [5.41, 5.74) is 0.900. The van der Waals surface area contributed by atoms with Crippen molar-refractivity contribution in [3.8, 4) is 0 Å². The van der Waals surface area contributed by atoms with Gasteiger partial charge in [-0.25, -0.2) is 9.18 Å². The molecule has 1 amide bonds. The first kappa shape index (κ1) is 26.4. The van der Waals surface area contributed by atoms with Crippen molar-refractivity contribution in [3.63, 3.8) is 0 Å². The third-order valence-corrected chi connectivity index (χ3v) is 4.99. The van der Waals surface area contributed by atoms with E-state index >= 15 is 0 Å². The number of halogens is 2. The molecule has 2 rings (SSSR count). The number of ether oxygens (including phenoxy) is 1. The highest BCUT2D eigenvalue weighted by Gasteiger charge is 2.24. The van der Waals surface area contributed by atoms with Gasteiger partial charge in [0.1, 0.15) is 5.82 Å². The average molecular weight is 535 g/mol. The maximum Gasteiger partial charge on any atom is 0.409 e. The van der Waals surface area contributed by atoms with Crippen LogP contribution in [0.5, 0.6) is 0 Å². The Labute approximate surface area is 196 Å². The fraction of sp³-hybridized carbons (Fsp3) is 0.619. The van der Waals surface area contributed by atoms with Crippen molar-refractivity contribution in [3.05, 3.63) is 35.6 Å². The Kier molecular flexibility index (Phi) is 12.0. The minimum atomic E-state index is -0.240. The fourth-order valence-electron chi connectivity index (χ4n) is 3.39. The predicted octanol–water partition coefficient (Wildman–Crippen LogP) is 3.22. The van der Waals surface area contributed by atoms with Gasteiger partial charge in [0.05, 0.1) is 19.2 Å². The van der Waals surface area contributed by atoms with Gasteiger partial charge in [-0.15, -0.1) is 24.0 Å². The van der Waals surface area contributed by atoms with Crippen LogP contribution in [0, 0.1) is 5.82 Å². The zero-order valence-electron chi connectivity index (χ0n) is 18.4. The number of amides is 1. The lowest BCUT2D eigenvalue weighted by atomic mass is 10.1. The number of guanidine groups is 1. The highest BCUT2D eigenvalue weighted by Crippen LogP contribution is 2.19. The first-order valence-electron chi connectivity index (χ1n) is 10.3. The zero-order valence-corrected chi connectivity index (χ0v) is 20.7. The Balaban J connectivity index is 0.00000450. The molecule has 9 heteroatoms. The van der Waals surface area contributed by atoms with Gasteiger partial charge in [-0.05, 0) is 58.5 Å². The van der Waals surface area contributed by atoms with Gasteiger partial charge in [0, 0.05) is 25.7 Å². The van der Waals surface area contributed by atoms with Crippen molar-refractivity contribution in [2.24, 2.45) is 4.99 Å². The molecule has 1 heterocycles. The van der Waals surface area contributed by atoms with Crippen molar-refractivity contribution in [2.75, 3.05) is 46.9 Å². The van der Waals surface area contributed by atoms with E-state index in [9.17, 15) is 9.18 Å². The molecule has 1 aliphatic rings. The van der Waals surface area contributed by atoms with E-state index in [1.807, 2.05) is 38.9 Å². The molecular weight excluding hydrogens is 500 g/mol. The van der Waals surface area contributed by atoms with Crippen LogP contribution in [0.4, 0.5) is 9.18 Å². The molecule has 0 aromatic heterocycles. The Bertz CT molecular complexity index is 681. The van der Waals surface area contributed by atoms with Gasteiger partial charge < -0.3 is 25.2 Å². The standard InChI is InChI=1S/C21H34FN5O2.HI/c1-5-23-20(25-18-10-12-27(13-11-18)21(28)29-6-2)24-15-19(26(3)4)16-8-7-9-17(22)14-16;/h7-9,14,18-19H,5-6,10-13,15H2,1-4H3,(H2,23,24,25);1H. The van der Waals surface area contributed by atoms with Crippen molar-refractivity contribution >= 4 is 36.0 Å². The van der Waals surface area contributed by atoms with Crippen LogP contribution in [0.3, 0.4) is 0 Å². The summed E-state index contributed by atoms with van der Waals surface area (Å²) in [4.78, 5) is 20.4. The van der Waals surface area contributed by atoms with Crippen LogP contribution >= 0.6 is 24.0 Å². The quantitative estimate of drug-likeness (QED) is 0.319. The third-order valence-electron chi connectivity index (χ3n) is 4.99. The van der Waals surface area contributed by atoms with Crippen LogP contribution in [0.2, 0.25) is 0 Å². The minimum absolute atomic E-state index is 0. The normalized spacial score (nSPS) is 16.1. The molecule has 1 atom stereocenters. The molecular formula is C21H35FIN5O2. The lowest BCUT2D eigenvalue weighted by Crippen LogP contribution is -2.50. The third kappa shape index (κ3) is 8.25. The van der Waals surface area contributed by atoms with Crippen LogP contribution < -0.4 is 10.6 Å². The second-order valence-electron chi connectivity index (χ2n) is 7.36. The lowest BCUT2D eigenvalue weighted by Gasteiger charge is -2.32. The summed E-state index contributed by atoms with van der Waals surface area (Å²) in [6.45, 7) is 6.83. The van der Waals surface area contributed by atoms with Gasteiger partial charge in [0.15, 0.2) is 5.96 Å². The van der Waals surface area contributed by atoms with Crippen LogP contribution in [-0.4, -0.2) is 74.8 Å². The van der Waals surface area contributed by atoms with E-state index in [1.54, 1.807) is 17.0 Å². The molecule has 0 saturated carbocycles. The molecule has 0 bridgehead atoms.